The van der Waals surface area contributed by atoms with E-state index in [0.717, 1.165) is 5.75 Å². The molecule has 0 bridgehead atoms. The number of carbonyl (C=O) groups excluding carboxylic acids is 1. The molecule has 0 amide bonds. The van der Waals surface area contributed by atoms with Gasteiger partial charge in [0.2, 0.25) is 5.43 Å². The van der Waals surface area contributed by atoms with Crippen LogP contribution in [0.3, 0.4) is 0 Å². The average Bonchev–Trinajstić information content (AvgIpc) is 2.59. The van der Waals surface area contributed by atoms with Crippen LogP contribution in [0.25, 0.3) is 10.9 Å². The van der Waals surface area contributed by atoms with E-state index in [9.17, 15) is 14.0 Å². The maximum atomic E-state index is 14.2. The number of ether oxygens (including phenoxy) is 2. The van der Waals surface area contributed by atoms with Gasteiger partial charge in [-0.1, -0.05) is 0 Å². The van der Waals surface area contributed by atoms with Crippen LogP contribution in [0.1, 0.15) is 17.3 Å². The Balaban J connectivity index is 2.49. The summed E-state index contributed by atoms with van der Waals surface area (Å²) in [6.45, 7) is 2.55. The smallest absolute Gasteiger partial charge is 0.343 e. The predicted octanol–water partition coefficient (Wildman–Crippen LogP) is 3.71. The second kappa shape index (κ2) is 9.12. The number of pyridine rings is 1. The van der Waals surface area contributed by atoms with Crippen LogP contribution in [0, 0.1) is 5.82 Å². The fraction of sp³-hybridized carbons (Fsp3) is 0.474. The zero-order valence-corrected chi connectivity index (χ0v) is 18.0. The van der Waals surface area contributed by atoms with Gasteiger partial charge >= 0.3 is 5.97 Å². The van der Waals surface area contributed by atoms with E-state index < -0.39 is 27.2 Å². The summed E-state index contributed by atoms with van der Waals surface area (Å²) >= 11 is 1.26. The number of nitrogens with zero attached hydrogens (tertiary/aromatic N) is 1. The SMILES string of the molecule is CCOC(=O)c1cn(COCCS(C)(C)C)c2cc(SC)c(F)cc2c1=O. The molecule has 150 valence electrons. The summed E-state index contributed by atoms with van der Waals surface area (Å²) in [7, 11) is -0.684. The number of benzene rings is 1. The minimum atomic E-state index is -0.716. The lowest BCUT2D eigenvalue weighted by Gasteiger charge is -2.25. The third-order valence-corrected chi connectivity index (χ3v) is 6.06. The molecular formula is C19H26FNO4S2. The molecule has 0 atom stereocenters. The van der Waals surface area contributed by atoms with E-state index in [1.165, 1.54) is 24.0 Å². The Hall–Kier alpha value is -1.51. The van der Waals surface area contributed by atoms with Gasteiger partial charge in [0.05, 0.1) is 18.7 Å². The van der Waals surface area contributed by atoms with Crippen LogP contribution in [-0.4, -0.2) is 54.5 Å². The van der Waals surface area contributed by atoms with E-state index in [1.807, 2.05) is 0 Å². The van der Waals surface area contributed by atoms with Gasteiger partial charge < -0.3 is 14.0 Å². The molecule has 1 aromatic carbocycles. The van der Waals surface area contributed by atoms with Gasteiger partial charge in [0, 0.05) is 22.2 Å². The van der Waals surface area contributed by atoms with Crippen molar-refractivity contribution in [3.8, 4) is 0 Å². The molecule has 0 spiro atoms. The van der Waals surface area contributed by atoms with Crippen molar-refractivity contribution in [1.29, 1.82) is 0 Å². The molecule has 0 unspecified atom stereocenters. The van der Waals surface area contributed by atoms with E-state index in [2.05, 4.69) is 18.8 Å². The van der Waals surface area contributed by atoms with E-state index in [4.69, 9.17) is 9.47 Å². The number of fused-ring (bicyclic) bond motifs is 1. The number of hydrogen-bond donors (Lipinski definition) is 0. The Morgan fingerprint density at radius 1 is 1.30 bits per heavy atom. The molecule has 5 nitrogen and oxygen atoms in total. The van der Waals surface area contributed by atoms with Crippen LogP contribution in [0.4, 0.5) is 4.39 Å². The predicted molar refractivity (Wildman–Crippen MR) is 112 cm³/mol. The summed E-state index contributed by atoms with van der Waals surface area (Å²) in [5.74, 6) is -0.260. The zero-order valence-electron chi connectivity index (χ0n) is 16.3. The molecule has 0 aliphatic carbocycles. The van der Waals surface area contributed by atoms with Crippen LogP contribution in [0.15, 0.2) is 28.0 Å². The van der Waals surface area contributed by atoms with E-state index >= 15 is 0 Å². The molecule has 2 rings (SSSR count). The number of carbonyl (C=O) groups is 1. The molecule has 0 aliphatic heterocycles. The number of aromatic nitrogens is 1. The van der Waals surface area contributed by atoms with Gasteiger partial charge in [-0.15, -0.1) is 11.8 Å². The molecule has 0 saturated carbocycles. The number of halogens is 1. The van der Waals surface area contributed by atoms with Crippen LogP contribution in [0.2, 0.25) is 0 Å². The van der Waals surface area contributed by atoms with Crippen molar-refractivity contribution in [3.05, 3.63) is 39.9 Å². The molecular weight excluding hydrogens is 389 g/mol. The lowest BCUT2D eigenvalue weighted by molar-refractivity contribution is 0.0521. The molecule has 0 radical (unpaired) electrons. The van der Waals surface area contributed by atoms with Crippen molar-refractivity contribution < 1.29 is 18.7 Å². The quantitative estimate of drug-likeness (QED) is 0.374. The first kappa shape index (κ1) is 21.8. The van der Waals surface area contributed by atoms with Crippen LogP contribution in [0.5, 0.6) is 0 Å². The van der Waals surface area contributed by atoms with Crippen molar-refractivity contribution in [3.63, 3.8) is 0 Å². The van der Waals surface area contributed by atoms with Crippen LogP contribution >= 0.6 is 21.8 Å². The maximum Gasteiger partial charge on any atom is 0.343 e. The summed E-state index contributed by atoms with van der Waals surface area (Å²) in [5, 5.41) is 0.140. The minimum Gasteiger partial charge on any atom is -0.462 e. The number of esters is 1. The Morgan fingerprint density at radius 2 is 2.00 bits per heavy atom. The first-order valence-electron chi connectivity index (χ1n) is 8.49. The summed E-state index contributed by atoms with van der Waals surface area (Å²) in [6, 6.07) is 2.80. The fourth-order valence-corrected chi connectivity index (χ4v) is 3.58. The first-order chi connectivity index (χ1) is 12.7. The van der Waals surface area contributed by atoms with Crippen LogP contribution < -0.4 is 5.43 Å². The first-order valence-corrected chi connectivity index (χ1v) is 12.7. The Bertz CT molecular complexity index is 890. The Labute approximate surface area is 164 Å². The monoisotopic (exact) mass is 415 g/mol. The largest absolute Gasteiger partial charge is 0.462 e. The van der Waals surface area contributed by atoms with Crippen molar-refractivity contribution in [1.82, 2.24) is 4.57 Å². The molecule has 1 aromatic heterocycles. The van der Waals surface area contributed by atoms with Gasteiger partial charge in [-0.3, -0.25) is 4.79 Å². The van der Waals surface area contributed by atoms with Crippen molar-refractivity contribution in [2.45, 2.75) is 18.6 Å². The standard InChI is InChI=1S/C19H26FNO4S2/c1-6-25-19(23)14-11-21(12-24-7-8-27(3,4)5)16-10-17(26-2)15(20)9-13(16)18(14)22/h9-11H,6-8,12H2,1-5H3. The number of hydrogen-bond acceptors (Lipinski definition) is 5. The molecule has 8 heteroatoms. The highest BCUT2D eigenvalue weighted by atomic mass is 32.3. The van der Waals surface area contributed by atoms with Crippen molar-refractivity contribution >= 4 is 38.7 Å². The van der Waals surface area contributed by atoms with Crippen LogP contribution in [-0.2, 0) is 16.2 Å². The van der Waals surface area contributed by atoms with E-state index in [1.54, 1.807) is 23.8 Å². The molecule has 0 fully saturated rings. The lowest BCUT2D eigenvalue weighted by atomic mass is 10.1. The summed E-state index contributed by atoms with van der Waals surface area (Å²) < 4.78 is 26.6. The fourth-order valence-electron chi connectivity index (χ4n) is 2.48. The molecule has 1 heterocycles. The van der Waals surface area contributed by atoms with E-state index in [-0.39, 0.29) is 24.3 Å². The summed E-state index contributed by atoms with van der Waals surface area (Å²) in [4.78, 5) is 25.3. The Morgan fingerprint density at radius 3 is 2.59 bits per heavy atom. The number of rotatable bonds is 8. The highest BCUT2D eigenvalue weighted by Crippen LogP contribution is 2.33. The lowest BCUT2D eigenvalue weighted by Crippen LogP contribution is -2.22. The normalized spacial score (nSPS) is 12.4. The third-order valence-electron chi connectivity index (χ3n) is 3.92. The van der Waals surface area contributed by atoms with Gasteiger partial charge in [-0.05, 0) is 44.1 Å². The van der Waals surface area contributed by atoms with Gasteiger partial charge in [0.15, 0.2) is 0 Å². The van der Waals surface area contributed by atoms with Gasteiger partial charge in [0.25, 0.3) is 0 Å². The summed E-state index contributed by atoms with van der Waals surface area (Å²) in [5.41, 5.74) is -0.127. The molecule has 0 saturated heterocycles. The van der Waals surface area contributed by atoms with Gasteiger partial charge in [-0.25, -0.2) is 19.2 Å². The second-order valence-electron chi connectivity index (χ2n) is 6.90. The highest BCUT2D eigenvalue weighted by molar-refractivity contribution is 8.32. The minimum absolute atomic E-state index is 0.120. The van der Waals surface area contributed by atoms with Crippen molar-refractivity contribution in [2.24, 2.45) is 0 Å². The molecule has 0 aliphatic rings. The number of thioether (sulfide) groups is 1. The molecule has 27 heavy (non-hydrogen) atoms. The molecule has 0 N–H and O–H groups in total. The summed E-state index contributed by atoms with van der Waals surface area (Å²) in [6.07, 6.45) is 9.82. The van der Waals surface area contributed by atoms with Gasteiger partial charge in [-0.2, -0.15) is 0 Å². The van der Waals surface area contributed by atoms with E-state index in [0.29, 0.717) is 17.0 Å². The average molecular weight is 416 g/mol. The highest BCUT2D eigenvalue weighted by Gasteiger charge is 2.18. The van der Waals surface area contributed by atoms with Crippen molar-refractivity contribution in [2.75, 3.05) is 44.0 Å². The zero-order chi connectivity index (χ0) is 20.2. The third kappa shape index (κ3) is 5.49. The van der Waals surface area contributed by atoms with Gasteiger partial charge in [0.1, 0.15) is 18.1 Å². The Kier molecular flexibility index (Phi) is 7.36. The topological polar surface area (TPSA) is 57.5 Å². The second-order valence-corrected chi connectivity index (χ2v) is 12.3. The molecule has 2 aromatic rings. The maximum absolute atomic E-state index is 14.2.